The van der Waals surface area contributed by atoms with Gasteiger partial charge in [-0.25, -0.2) is 4.98 Å². The highest BCUT2D eigenvalue weighted by Crippen LogP contribution is 2.20. The second kappa shape index (κ2) is 4.65. The molecule has 2 heterocycles. The van der Waals surface area contributed by atoms with Crippen molar-refractivity contribution in [2.24, 2.45) is 0 Å². The zero-order chi connectivity index (χ0) is 13.2. The third-order valence-electron chi connectivity index (χ3n) is 3.08. The standard InChI is InChI=1S/C15H15N3O/c1-11-8-13(19)5-6-14(11)16-9-12-10-18-7-3-2-4-15(18)17-12/h2-8,10,16,19H,9H2,1H3. The Kier molecular flexibility index (Phi) is 2.83. The number of rotatable bonds is 3. The van der Waals surface area contributed by atoms with E-state index < -0.39 is 0 Å². The van der Waals surface area contributed by atoms with E-state index in [-0.39, 0.29) is 5.75 Å². The number of nitrogens with zero attached hydrogens (tertiary/aromatic N) is 2. The van der Waals surface area contributed by atoms with Crippen LogP contribution in [-0.4, -0.2) is 14.5 Å². The minimum Gasteiger partial charge on any atom is -0.508 e. The van der Waals surface area contributed by atoms with Crippen molar-refractivity contribution in [1.29, 1.82) is 0 Å². The Hall–Kier alpha value is -2.49. The number of benzene rings is 1. The summed E-state index contributed by atoms with van der Waals surface area (Å²) >= 11 is 0. The van der Waals surface area contributed by atoms with Crippen LogP contribution < -0.4 is 5.32 Å². The van der Waals surface area contributed by atoms with Crippen LogP contribution in [0.2, 0.25) is 0 Å². The number of pyridine rings is 1. The third kappa shape index (κ3) is 2.38. The molecule has 96 valence electrons. The van der Waals surface area contributed by atoms with Gasteiger partial charge in [-0.3, -0.25) is 0 Å². The van der Waals surface area contributed by atoms with Crippen molar-refractivity contribution in [2.45, 2.75) is 13.5 Å². The Morgan fingerprint density at radius 2 is 2.16 bits per heavy atom. The van der Waals surface area contributed by atoms with Crippen LogP contribution >= 0.6 is 0 Å². The van der Waals surface area contributed by atoms with E-state index in [4.69, 9.17) is 0 Å². The fourth-order valence-corrected chi connectivity index (χ4v) is 2.10. The Bertz CT molecular complexity index is 685. The molecule has 0 spiro atoms. The number of nitrogens with one attached hydrogen (secondary N) is 1. The first-order valence-corrected chi connectivity index (χ1v) is 6.18. The van der Waals surface area contributed by atoms with E-state index in [0.717, 1.165) is 22.6 Å². The van der Waals surface area contributed by atoms with Crippen LogP contribution in [0.3, 0.4) is 0 Å². The van der Waals surface area contributed by atoms with Crippen molar-refractivity contribution in [3.8, 4) is 5.75 Å². The van der Waals surface area contributed by atoms with Crippen LogP contribution in [0.15, 0.2) is 48.8 Å². The van der Waals surface area contributed by atoms with E-state index in [0.29, 0.717) is 6.54 Å². The van der Waals surface area contributed by atoms with Gasteiger partial charge in [0, 0.05) is 18.1 Å². The third-order valence-corrected chi connectivity index (χ3v) is 3.08. The van der Waals surface area contributed by atoms with Gasteiger partial charge in [0.1, 0.15) is 11.4 Å². The Balaban J connectivity index is 1.78. The molecule has 0 saturated carbocycles. The van der Waals surface area contributed by atoms with Crippen LogP contribution in [0, 0.1) is 6.92 Å². The fraction of sp³-hybridized carbons (Fsp3) is 0.133. The monoisotopic (exact) mass is 253 g/mol. The summed E-state index contributed by atoms with van der Waals surface area (Å²) in [4.78, 5) is 4.53. The number of fused-ring (bicyclic) bond motifs is 1. The molecule has 0 unspecified atom stereocenters. The summed E-state index contributed by atoms with van der Waals surface area (Å²) in [7, 11) is 0. The topological polar surface area (TPSA) is 49.6 Å². The van der Waals surface area contributed by atoms with Crippen molar-refractivity contribution in [3.63, 3.8) is 0 Å². The van der Waals surface area contributed by atoms with Crippen LogP contribution in [-0.2, 0) is 6.54 Å². The maximum Gasteiger partial charge on any atom is 0.137 e. The summed E-state index contributed by atoms with van der Waals surface area (Å²) in [6.07, 6.45) is 4.00. The van der Waals surface area contributed by atoms with Gasteiger partial charge in [0.15, 0.2) is 0 Å². The van der Waals surface area contributed by atoms with Gasteiger partial charge < -0.3 is 14.8 Å². The summed E-state index contributed by atoms with van der Waals surface area (Å²) in [6, 6.07) is 11.2. The van der Waals surface area contributed by atoms with Crippen molar-refractivity contribution in [1.82, 2.24) is 9.38 Å². The minimum absolute atomic E-state index is 0.288. The van der Waals surface area contributed by atoms with Crippen LogP contribution in [0.1, 0.15) is 11.3 Å². The molecular weight excluding hydrogens is 238 g/mol. The van der Waals surface area contributed by atoms with E-state index in [2.05, 4.69) is 10.3 Å². The summed E-state index contributed by atoms with van der Waals surface area (Å²) in [5.41, 5.74) is 3.96. The average molecular weight is 253 g/mol. The van der Waals surface area contributed by atoms with Gasteiger partial charge in [-0.2, -0.15) is 0 Å². The average Bonchev–Trinajstić information content (AvgIpc) is 2.80. The molecule has 4 nitrogen and oxygen atoms in total. The van der Waals surface area contributed by atoms with Crippen LogP contribution in [0.25, 0.3) is 5.65 Å². The second-order valence-corrected chi connectivity index (χ2v) is 4.55. The number of phenolic OH excluding ortho intramolecular Hbond substituents is 1. The highest BCUT2D eigenvalue weighted by atomic mass is 16.3. The molecule has 0 aliphatic heterocycles. The number of aryl methyl sites for hydroxylation is 1. The van der Waals surface area contributed by atoms with Gasteiger partial charge in [0.2, 0.25) is 0 Å². The van der Waals surface area contributed by atoms with Gasteiger partial charge in [-0.15, -0.1) is 0 Å². The van der Waals surface area contributed by atoms with Gasteiger partial charge in [-0.05, 0) is 42.8 Å². The fourth-order valence-electron chi connectivity index (χ4n) is 2.10. The summed E-state index contributed by atoms with van der Waals surface area (Å²) in [5.74, 6) is 0.288. The van der Waals surface area contributed by atoms with Gasteiger partial charge in [0.05, 0.1) is 12.2 Å². The molecule has 0 atom stereocenters. The number of phenols is 1. The zero-order valence-electron chi connectivity index (χ0n) is 10.7. The van der Waals surface area contributed by atoms with Gasteiger partial charge in [-0.1, -0.05) is 6.07 Å². The predicted octanol–water partition coefficient (Wildman–Crippen LogP) is 2.96. The molecule has 2 N–H and O–H groups in total. The van der Waals surface area contributed by atoms with E-state index in [9.17, 15) is 5.11 Å². The number of aromatic nitrogens is 2. The number of hydrogen-bond acceptors (Lipinski definition) is 3. The highest BCUT2D eigenvalue weighted by Gasteiger charge is 2.02. The van der Waals surface area contributed by atoms with E-state index in [1.165, 1.54) is 0 Å². The molecule has 0 bridgehead atoms. The first-order valence-electron chi connectivity index (χ1n) is 6.18. The molecule has 4 heteroatoms. The van der Waals surface area contributed by atoms with Crippen molar-refractivity contribution in [2.75, 3.05) is 5.32 Å². The molecule has 3 aromatic rings. The molecule has 0 amide bonds. The largest absolute Gasteiger partial charge is 0.508 e. The summed E-state index contributed by atoms with van der Waals surface area (Å²) in [6.45, 7) is 2.62. The maximum absolute atomic E-state index is 9.37. The Labute approximate surface area is 111 Å². The SMILES string of the molecule is Cc1cc(O)ccc1NCc1cn2ccccc2n1. The number of aromatic hydroxyl groups is 1. The maximum atomic E-state index is 9.37. The normalized spacial score (nSPS) is 10.8. The molecule has 0 aliphatic carbocycles. The van der Waals surface area contributed by atoms with E-state index in [1.54, 1.807) is 12.1 Å². The molecule has 0 saturated heterocycles. The van der Waals surface area contributed by atoms with E-state index in [1.807, 2.05) is 48.0 Å². The molecule has 0 radical (unpaired) electrons. The lowest BCUT2D eigenvalue weighted by Gasteiger charge is -2.08. The van der Waals surface area contributed by atoms with Crippen LogP contribution in [0.5, 0.6) is 5.75 Å². The minimum atomic E-state index is 0.288. The number of anilines is 1. The zero-order valence-corrected chi connectivity index (χ0v) is 10.7. The van der Waals surface area contributed by atoms with Crippen LogP contribution in [0.4, 0.5) is 5.69 Å². The molecular formula is C15H15N3O. The molecule has 3 rings (SSSR count). The smallest absolute Gasteiger partial charge is 0.137 e. The van der Waals surface area contributed by atoms with Crippen molar-refractivity contribution in [3.05, 3.63) is 60.0 Å². The Morgan fingerprint density at radius 3 is 2.95 bits per heavy atom. The highest BCUT2D eigenvalue weighted by molar-refractivity contribution is 5.53. The second-order valence-electron chi connectivity index (χ2n) is 4.55. The van der Waals surface area contributed by atoms with Gasteiger partial charge in [0.25, 0.3) is 0 Å². The van der Waals surface area contributed by atoms with Crippen molar-refractivity contribution < 1.29 is 5.11 Å². The molecule has 1 aromatic carbocycles. The van der Waals surface area contributed by atoms with E-state index >= 15 is 0 Å². The molecule has 0 fully saturated rings. The summed E-state index contributed by atoms with van der Waals surface area (Å²) < 4.78 is 2.00. The quantitative estimate of drug-likeness (QED) is 0.705. The lowest BCUT2D eigenvalue weighted by Crippen LogP contribution is -2.01. The first kappa shape index (κ1) is 11.6. The van der Waals surface area contributed by atoms with Crippen molar-refractivity contribution >= 4 is 11.3 Å². The molecule has 19 heavy (non-hydrogen) atoms. The Morgan fingerprint density at radius 1 is 1.26 bits per heavy atom. The molecule has 2 aromatic heterocycles. The lowest BCUT2D eigenvalue weighted by atomic mass is 10.2. The lowest BCUT2D eigenvalue weighted by molar-refractivity contribution is 0.475. The number of imidazole rings is 1. The first-order chi connectivity index (χ1) is 9.22. The number of hydrogen-bond donors (Lipinski definition) is 2. The van der Waals surface area contributed by atoms with Gasteiger partial charge >= 0.3 is 0 Å². The molecule has 0 aliphatic rings. The summed E-state index contributed by atoms with van der Waals surface area (Å²) in [5, 5.41) is 12.7. The predicted molar refractivity (Wildman–Crippen MR) is 75.4 cm³/mol.